The molecule has 4 rings (SSSR count). The smallest absolute Gasteiger partial charge is 0.229 e. The molecule has 0 aromatic heterocycles. The Balaban J connectivity index is 1.29. The standard InChI is InChI=1S/C24H27N3O3S/c28-22(12-13-23(29)27-15-16-31-21-11-5-4-10-20(21)27)26-14-6-7-18(17-26)24(30)25-19-8-2-1-3-9-19/h1-5,8-11,18H,6-7,12-17H2,(H,25,30). The van der Waals surface area contributed by atoms with Crippen molar-refractivity contribution in [2.45, 2.75) is 30.6 Å². The summed E-state index contributed by atoms with van der Waals surface area (Å²) in [6.07, 6.45) is 1.93. The first kappa shape index (κ1) is 21.4. The molecular weight excluding hydrogens is 410 g/mol. The molecule has 6 nitrogen and oxygen atoms in total. The van der Waals surface area contributed by atoms with Gasteiger partial charge in [0.1, 0.15) is 0 Å². The molecule has 1 saturated heterocycles. The van der Waals surface area contributed by atoms with Crippen LogP contribution in [0.5, 0.6) is 0 Å². The molecule has 1 fully saturated rings. The number of anilines is 2. The van der Waals surface area contributed by atoms with Gasteiger partial charge >= 0.3 is 0 Å². The third-order valence-electron chi connectivity index (χ3n) is 5.77. The fourth-order valence-corrected chi connectivity index (χ4v) is 5.11. The number of para-hydroxylation sites is 2. The van der Waals surface area contributed by atoms with Crippen LogP contribution in [0.3, 0.4) is 0 Å². The van der Waals surface area contributed by atoms with Crippen LogP contribution in [0, 0.1) is 5.92 Å². The molecule has 2 aliphatic rings. The van der Waals surface area contributed by atoms with Crippen molar-refractivity contribution in [3.63, 3.8) is 0 Å². The Hall–Kier alpha value is -2.80. The highest BCUT2D eigenvalue weighted by Gasteiger charge is 2.29. The normalized spacial score (nSPS) is 18.3. The van der Waals surface area contributed by atoms with Crippen molar-refractivity contribution in [1.29, 1.82) is 0 Å². The number of piperidine rings is 1. The summed E-state index contributed by atoms with van der Waals surface area (Å²) in [6.45, 7) is 1.72. The summed E-state index contributed by atoms with van der Waals surface area (Å²) in [5, 5.41) is 2.93. The number of thioether (sulfide) groups is 1. The van der Waals surface area contributed by atoms with Crippen LogP contribution in [0.15, 0.2) is 59.5 Å². The first-order valence-electron chi connectivity index (χ1n) is 10.8. The maximum Gasteiger partial charge on any atom is 0.229 e. The number of rotatable bonds is 5. The Morgan fingerprint density at radius 3 is 2.52 bits per heavy atom. The first-order chi connectivity index (χ1) is 15.1. The molecule has 7 heteroatoms. The second-order valence-electron chi connectivity index (χ2n) is 7.90. The number of nitrogens with zero attached hydrogens (tertiary/aromatic N) is 2. The molecule has 2 aromatic rings. The molecular formula is C24H27N3O3S. The van der Waals surface area contributed by atoms with Gasteiger partial charge in [-0.25, -0.2) is 0 Å². The Labute approximate surface area is 187 Å². The number of carbonyl (C=O) groups excluding carboxylic acids is 3. The number of amides is 3. The summed E-state index contributed by atoms with van der Waals surface area (Å²) < 4.78 is 0. The Kier molecular flexibility index (Phi) is 6.92. The molecule has 31 heavy (non-hydrogen) atoms. The van der Waals surface area contributed by atoms with Gasteiger partial charge < -0.3 is 15.1 Å². The van der Waals surface area contributed by atoms with Gasteiger partial charge in [-0.15, -0.1) is 11.8 Å². The van der Waals surface area contributed by atoms with E-state index in [0.29, 0.717) is 19.6 Å². The molecule has 2 heterocycles. The van der Waals surface area contributed by atoms with E-state index < -0.39 is 0 Å². The van der Waals surface area contributed by atoms with Crippen molar-refractivity contribution >= 4 is 40.9 Å². The Morgan fingerprint density at radius 1 is 0.935 bits per heavy atom. The van der Waals surface area contributed by atoms with Crippen molar-refractivity contribution in [2.75, 3.05) is 35.6 Å². The van der Waals surface area contributed by atoms with Crippen LogP contribution in [0.4, 0.5) is 11.4 Å². The van der Waals surface area contributed by atoms with Crippen LogP contribution in [-0.2, 0) is 14.4 Å². The van der Waals surface area contributed by atoms with E-state index in [1.54, 1.807) is 21.6 Å². The largest absolute Gasteiger partial charge is 0.342 e. The predicted molar refractivity (Wildman–Crippen MR) is 123 cm³/mol. The third kappa shape index (κ3) is 5.28. The SMILES string of the molecule is O=C(Nc1ccccc1)C1CCCN(C(=O)CCC(=O)N2CCSc3ccccc32)C1. The number of benzene rings is 2. The topological polar surface area (TPSA) is 69.7 Å². The van der Waals surface area contributed by atoms with E-state index in [1.807, 2.05) is 54.6 Å². The van der Waals surface area contributed by atoms with E-state index in [9.17, 15) is 14.4 Å². The molecule has 0 bridgehead atoms. The molecule has 3 amide bonds. The summed E-state index contributed by atoms with van der Waals surface area (Å²) >= 11 is 1.75. The highest BCUT2D eigenvalue weighted by atomic mass is 32.2. The van der Waals surface area contributed by atoms with Gasteiger partial charge in [0.05, 0.1) is 11.6 Å². The minimum atomic E-state index is -0.223. The first-order valence-corrected chi connectivity index (χ1v) is 11.8. The second-order valence-corrected chi connectivity index (χ2v) is 9.03. The highest BCUT2D eigenvalue weighted by Crippen LogP contribution is 2.34. The maximum atomic E-state index is 12.8. The molecule has 0 spiro atoms. The summed E-state index contributed by atoms with van der Waals surface area (Å²) in [7, 11) is 0. The number of nitrogens with one attached hydrogen (secondary N) is 1. The highest BCUT2D eigenvalue weighted by molar-refractivity contribution is 7.99. The van der Waals surface area contributed by atoms with Gasteiger partial charge in [0.2, 0.25) is 17.7 Å². The third-order valence-corrected chi connectivity index (χ3v) is 6.81. The Morgan fingerprint density at radius 2 is 1.68 bits per heavy atom. The Bertz CT molecular complexity index is 950. The zero-order valence-corrected chi connectivity index (χ0v) is 18.3. The molecule has 1 unspecified atom stereocenters. The zero-order valence-electron chi connectivity index (χ0n) is 17.5. The van der Waals surface area contributed by atoms with Crippen LogP contribution in [0.2, 0.25) is 0 Å². The quantitative estimate of drug-likeness (QED) is 0.773. The van der Waals surface area contributed by atoms with E-state index in [0.717, 1.165) is 34.9 Å². The predicted octanol–water partition coefficient (Wildman–Crippen LogP) is 3.78. The monoisotopic (exact) mass is 437 g/mol. The maximum absolute atomic E-state index is 12.8. The minimum Gasteiger partial charge on any atom is -0.342 e. The molecule has 0 radical (unpaired) electrons. The van der Waals surface area contributed by atoms with Crippen LogP contribution >= 0.6 is 11.8 Å². The number of hydrogen-bond acceptors (Lipinski definition) is 4. The lowest BCUT2D eigenvalue weighted by atomic mass is 9.96. The molecule has 2 aromatic carbocycles. The van der Waals surface area contributed by atoms with Crippen LogP contribution in [-0.4, -0.2) is 48.0 Å². The average Bonchev–Trinajstić information content (AvgIpc) is 2.82. The number of carbonyl (C=O) groups is 3. The summed E-state index contributed by atoms with van der Waals surface area (Å²) in [6, 6.07) is 17.3. The summed E-state index contributed by atoms with van der Waals surface area (Å²) in [5.74, 6) is 0.518. The average molecular weight is 438 g/mol. The van der Waals surface area contributed by atoms with Crippen molar-refractivity contribution < 1.29 is 14.4 Å². The molecule has 1 N–H and O–H groups in total. The van der Waals surface area contributed by atoms with Gasteiger partial charge in [-0.05, 0) is 37.1 Å². The molecule has 1 atom stereocenters. The van der Waals surface area contributed by atoms with Gasteiger partial charge in [0.15, 0.2) is 0 Å². The summed E-state index contributed by atoms with van der Waals surface area (Å²) in [4.78, 5) is 42.8. The molecule has 162 valence electrons. The fraction of sp³-hybridized carbons (Fsp3) is 0.375. The van der Waals surface area contributed by atoms with E-state index in [2.05, 4.69) is 5.32 Å². The van der Waals surface area contributed by atoms with Crippen molar-refractivity contribution in [2.24, 2.45) is 5.92 Å². The lowest BCUT2D eigenvalue weighted by Crippen LogP contribution is -2.44. The van der Waals surface area contributed by atoms with Crippen molar-refractivity contribution in [1.82, 2.24) is 4.90 Å². The lowest BCUT2D eigenvalue weighted by molar-refractivity contribution is -0.136. The minimum absolute atomic E-state index is 0.0171. The van der Waals surface area contributed by atoms with Crippen LogP contribution in [0.25, 0.3) is 0 Å². The van der Waals surface area contributed by atoms with Crippen LogP contribution < -0.4 is 10.2 Å². The van der Waals surface area contributed by atoms with Gasteiger partial charge in [0.25, 0.3) is 0 Å². The molecule has 0 aliphatic carbocycles. The zero-order chi connectivity index (χ0) is 21.6. The van der Waals surface area contributed by atoms with Gasteiger partial charge in [-0.1, -0.05) is 30.3 Å². The van der Waals surface area contributed by atoms with E-state index in [-0.39, 0.29) is 36.5 Å². The number of fused-ring (bicyclic) bond motifs is 1. The van der Waals surface area contributed by atoms with Gasteiger partial charge in [-0.2, -0.15) is 0 Å². The van der Waals surface area contributed by atoms with E-state index in [4.69, 9.17) is 0 Å². The molecule has 0 saturated carbocycles. The molecule has 2 aliphatic heterocycles. The summed E-state index contributed by atoms with van der Waals surface area (Å²) in [5.41, 5.74) is 1.70. The van der Waals surface area contributed by atoms with Crippen LogP contribution in [0.1, 0.15) is 25.7 Å². The fourth-order valence-electron chi connectivity index (χ4n) is 4.12. The lowest BCUT2D eigenvalue weighted by Gasteiger charge is -2.32. The van der Waals surface area contributed by atoms with Gasteiger partial charge in [0, 0.05) is 48.8 Å². The van der Waals surface area contributed by atoms with E-state index >= 15 is 0 Å². The number of likely N-dealkylation sites (tertiary alicyclic amines) is 1. The number of hydrogen-bond donors (Lipinski definition) is 1. The second kappa shape index (κ2) is 10.0. The van der Waals surface area contributed by atoms with Crippen molar-refractivity contribution in [3.05, 3.63) is 54.6 Å². The van der Waals surface area contributed by atoms with E-state index in [1.165, 1.54) is 0 Å². The van der Waals surface area contributed by atoms with Gasteiger partial charge in [-0.3, -0.25) is 14.4 Å². The van der Waals surface area contributed by atoms with Crippen molar-refractivity contribution in [3.8, 4) is 0 Å².